The minimum atomic E-state index is 0.863. The Balaban J connectivity index is 3.25. The first kappa shape index (κ1) is 12.9. The van der Waals surface area contributed by atoms with Crippen LogP contribution < -0.4 is 0 Å². The smallest absolute Gasteiger partial charge is 0.0589 e. The summed E-state index contributed by atoms with van der Waals surface area (Å²) in [5, 5.41) is 0. The van der Waals surface area contributed by atoms with Crippen molar-refractivity contribution in [2.75, 3.05) is 33.4 Å². The molecule has 0 unspecified atom stereocenters. The van der Waals surface area contributed by atoms with Gasteiger partial charge in [-0.1, -0.05) is 33.1 Å². The maximum Gasteiger partial charge on any atom is 0.0589 e. The number of hydrogen-bond donors (Lipinski definition) is 0. The number of hydrogen-bond acceptors (Lipinski definition) is 2. The molecule has 0 radical (unpaired) electrons. The van der Waals surface area contributed by atoms with Crippen LogP contribution in [0.15, 0.2) is 0 Å². The van der Waals surface area contributed by atoms with Crippen molar-refractivity contribution in [2.45, 2.75) is 39.5 Å². The van der Waals surface area contributed by atoms with E-state index in [1.54, 1.807) is 7.11 Å². The van der Waals surface area contributed by atoms with Crippen molar-refractivity contribution < 1.29 is 4.74 Å². The molecule has 0 aromatic carbocycles. The van der Waals surface area contributed by atoms with Crippen molar-refractivity contribution in [2.24, 2.45) is 0 Å². The summed E-state index contributed by atoms with van der Waals surface area (Å²) in [4.78, 5) is 2.46. The molecular formula is C11H25NO. The molecule has 0 amide bonds. The highest BCUT2D eigenvalue weighted by Crippen LogP contribution is 2.00. The zero-order valence-electron chi connectivity index (χ0n) is 9.51. The van der Waals surface area contributed by atoms with Crippen LogP contribution in [0.25, 0.3) is 0 Å². The molecule has 0 aromatic heterocycles. The predicted molar refractivity (Wildman–Crippen MR) is 58.1 cm³/mol. The van der Waals surface area contributed by atoms with E-state index in [-0.39, 0.29) is 0 Å². The lowest BCUT2D eigenvalue weighted by Gasteiger charge is -2.19. The van der Waals surface area contributed by atoms with Gasteiger partial charge in [-0.15, -0.1) is 0 Å². The molecule has 2 heteroatoms. The Kier molecular flexibility index (Phi) is 9.94. The Hall–Kier alpha value is -0.0800. The van der Waals surface area contributed by atoms with Gasteiger partial charge in [0.1, 0.15) is 0 Å². The zero-order valence-corrected chi connectivity index (χ0v) is 9.51. The molecule has 0 heterocycles. The number of likely N-dealkylation sites (N-methyl/N-ethyl adjacent to an activating group) is 1. The molecule has 2 nitrogen and oxygen atoms in total. The fourth-order valence-corrected chi connectivity index (χ4v) is 1.41. The topological polar surface area (TPSA) is 12.5 Å². The summed E-state index contributed by atoms with van der Waals surface area (Å²) in [7, 11) is 1.77. The number of nitrogens with zero attached hydrogens (tertiary/aromatic N) is 1. The highest BCUT2D eigenvalue weighted by atomic mass is 16.5. The van der Waals surface area contributed by atoms with Crippen LogP contribution in [-0.2, 0) is 4.74 Å². The third-order valence-electron chi connectivity index (χ3n) is 2.39. The fraction of sp³-hybridized carbons (Fsp3) is 1.00. The molecule has 0 aromatic rings. The molecule has 0 saturated heterocycles. The fourth-order valence-electron chi connectivity index (χ4n) is 1.41. The lowest BCUT2D eigenvalue weighted by atomic mass is 10.2. The summed E-state index contributed by atoms with van der Waals surface area (Å²) in [5.41, 5.74) is 0. The van der Waals surface area contributed by atoms with Crippen LogP contribution in [0.2, 0.25) is 0 Å². The molecule has 0 aliphatic rings. The molecule has 80 valence electrons. The van der Waals surface area contributed by atoms with Gasteiger partial charge < -0.3 is 9.64 Å². The lowest BCUT2D eigenvalue weighted by Crippen LogP contribution is -2.28. The number of methoxy groups -OCH3 is 1. The van der Waals surface area contributed by atoms with Gasteiger partial charge in [0.25, 0.3) is 0 Å². The SMILES string of the molecule is CCCCCCN(CC)CCOC. The van der Waals surface area contributed by atoms with Gasteiger partial charge in [0.2, 0.25) is 0 Å². The van der Waals surface area contributed by atoms with Gasteiger partial charge in [-0.3, -0.25) is 0 Å². The summed E-state index contributed by atoms with van der Waals surface area (Å²) < 4.78 is 5.06. The van der Waals surface area contributed by atoms with Gasteiger partial charge in [-0.2, -0.15) is 0 Å². The second-order valence-corrected chi connectivity index (χ2v) is 3.49. The van der Waals surface area contributed by atoms with Crippen molar-refractivity contribution in [1.29, 1.82) is 0 Å². The van der Waals surface area contributed by atoms with Crippen molar-refractivity contribution in [3.05, 3.63) is 0 Å². The van der Waals surface area contributed by atoms with E-state index in [9.17, 15) is 0 Å². The van der Waals surface area contributed by atoms with Crippen molar-refractivity contribution in [3.8, 4) is 0 Å². The van der Waals surface area contributed by atoms with Crippen molar-refractivity contribution in [1.82, 2.24) is 4.90 Å². The first-order valence-electron chi connectivity index (χ1n) is 5.56. The van der Waals surface area contributed by atoms with E-state index in [1.807, 2.05) is 0 Å². The van der Waals surface area contributed by atoms with Crippen molar-refractivity contribution in [3.63, 3.8) is 0 Å². The predicted octanol–water partition coefficient (Wildman–Crippen LogP) is 2.54. The molecular weight excluding hydrogens is 162 g/mol. The monoisotopic (exact) mass is 187 g/mol. The Morgan fingerprint density at radius 2 is 1.77 bits per heavy atom. The zero-order chi connectivity index (χ0) is 9.94. The first-order valence-corrected chi connectivity index (χ1v) is 5.56. The average molecular weight is 187 g/mol. The Labute approximate surface area is 83.3 Å². The molecule has 0 spiro atoms. The summed E-state index contributed by atoms with van der Waals surface area (Å²) in [6, 6.07) is 0. The van der Waals surface area contributed by atoms with Gasteiger partial charge in [0.15, 0.2) is 0 Å². The molecule has 13 heavy (non-hydrogen) atoms. The van der Waals surface area contributed by atoms with Crippen LogP contribution in [0, 0.1) is 0 Å². The van der Waals surface area contributed by atoms with E-state index >= 15 is 0 Å². The first-order chi connectivity index (χ1) is 6.35. The summed E-state index contributed by atoms with van der Waals surface area (Å²) in [6.07, 6.45) is 5.41. The van der Waals surface area contributed by atoms with Gasteiger partial charge in [-0.25, -0.2) is 0 Å². The molecule has 0 aliphatic carbocycles. The van der Waals surface area contributed by atoms with E-state index in [2.05, 4.69) is 18.7 Å². The minimum Gasteiger partial charge on any atom is -0.383 e. The van der Waals surface area contributed by atoms with Crippen LogP contribution in [-0.4, -0.2) is 38.3 Å². The number of ether oxygens (including phenoxy) is 1. The largest absolute Gasteiger partial charge is 0.383 e. The molecule has 0 rings (SSSR count). The van der Waals surface area contributed by atoms with Crippen molar-refractivity contribution >= 4 is 0 Å². The highest BCUT2D eigenvalue weighted by Gasteiger charge is 2.00. The number of unbranched alkanes of at least 4 members (excludes halogenated alkanes) is 3. The maximum atomic E-state index is 5.06. The Bertz CT molecular complexity index is 96.1. The van der Waals surface area contributed by atoms with E-state index in [4.69, 9.17) is 4.74 Å². The summed E-state index contributed by atoms with van der Waals surface area (Å²) >= 11 is 0. The van der Waals surface area contributed by atoms with Gasteiger partial charge in [-0.05, 0) is 19.5 Å². The van der Waals surface area contributed by atoms with E-state index in [0.717, 1.165) is 19.7 Å². The Morgan fingerprint density at radius 3 is 2.31 bits per heavy atom. The molecule has 0 saturated carbocycles. The molecule has 0 fully saturated rings. The van der Waals surface area contributed by atoms with Gasteiger partial charge in [0.05, 0.1) is 6.61 Å². The number of rotatable bonds is 9. The molecule has 0 N–H and O–H groups in total. The van der Waals surface area contributed by atoms with Crippen LogP contribution >= 0.6 is 0 Å². The van der Waals surface area contributed by atoms with Crippen LogP contribution in [0.5, 0.6) is 0 Å². The van der Waals surface area contributed by atoms with Crippen LogP contribution in [0.3, 0.4) is 0 Å². The summed E-state index contributed by atoms with van der Waals surface area (Å²) in [5.74, 6) is 0. The maximum absolute atomic E-state index is 5.06. The molecule has 0 aliphatic heterocycles. The third kappa shape index (κ3) is 8.26. The second-order valence-electron chi connectivity index (χ2n) is 3.49. The quantitative estimate of drug-likeness (QED) is 0.514. The molecule has 0 bridgehead atoms. The molecule has 0 atom stereocenters. The van der Waals surface area contributed by atoms with Gasteiger partial charge in [0, 0.05) is 13.7 Å². The normalized spacial score (nSPS) is 11.1. The van der Waals surface area contributed by atoms with E-state index in [0.29, 0.717) is 0 Å². The van der Waals surface area contributed by atoms with Gasteiger partial charge >= 0.3 is 0 Å². The standard InChI is InChI=1S/C11H25NO/c1-4-6-7-8-9-12(5-2)10-11-13-3/h4-11H2,1-3H3. The third-order valence-corrected chi connectivity index (χ3v) is 2.39. The van der Waals surface area contributed by atoms with Crippen LogP contribution in [0.1, 0.15) is 39.5 Å². The van der Waals surface area contributed by atoms with E-state index < -0.39 is 0 Å². The highest BCUT2D eigenvalue weighted by molar-refractivity contribution is 4.54. The van der Waals surface area contributed by atoms with E-state index in [1.165, 1.54) is 32.2 Å². The second kappa shape index (κ2) is 10.0. The Morgan fingerprint density at radius 1 is 1.00 bits per heavy atom. The minimum absolute atomic E-state index is 0.863. The lowest BCUT2D eigenvalue weighted by molar-refractivity contribution is 0.149. The average Bonchev–Trinajstić information content (AvgIpc) is 2.17. The summed E-state index contributed by atoms with van der Waals surface area (Å²) in [6.45, 7) is 8.80. The van der Waals surface area contributed by atoms with Crippen LogP contribution in [0.4, 0.5) is 0 Å².